The van der Waals surface area contributed by atoms with Crippen LogP contribution >= 0.6 is 11.3 Å². The predicted octanol–water partition coefficient (Wildman–Crippen LogP) is 3.17. The van der Waals surface area contributed by atoms with Crippen LogP contribution < -0.4 is 9.46 Å². The van der Waals surface area contributed by atoms with Crippen molar-refractivity contribution in [3.05, 3.63) is 58.7 Å². The van der Waals surface area contributed by atoms with E-state index < -0.39 is 21.9 Å². The van der Waals surface area contributed by atoms with Gasteiger partial charge in [0, 0.05) is 17.5 Å². The van der Waals surface area contributed by atoms with Gasteiger partial charge in [-0.3, -0.25) is 0 Å². The zero-order valence-corrected chi connectivity index (χ0v) is 15.3. The molecule has 9 heteroatoms. The summed E-state index contributed by atoms with van der Waals surface area (Å²) in [4.78, 5) is -0.342. The minimum atomic E-state index is -4.08. The van der Waals surface area contributed by atoms with Crippen molar-refractivity contribution in [3.8, 4) is 17.1 Å². The Labute approximate surface area is 153 Å². The Morgan fingerprint density at radius 2 is 2.12 bits per heavy atom. The highest BCUT2D eigenvalue weighted by Gasteiger charge is 2.23. The number of furan rings is 1. The number of thiophene rings is 1. The number of methoxy groups -OCH3 is 1. The molecule has 2 N–H and O–H groups in total. The Balaban J connectivity index is 1.73. The number of benzene rings is 1. The van der Waals surface area contributed by atoms with Gasteiger partial charge in [0.1, 0.15) is 34.1 Å². The molecule has 1 unspecified atom stereocenters. The average Bonchev–Trinajstić information content (AvgIpc) is 3.30. The Hall–Kier alpha value is -2.20. The number of rotatable bonds is 7. The van der Waals surface area contributed by atoms with Crippen molar-refractivity contribution < 1.29 is 27.1 Å². The van der Waals surface area contributed by atoms with Crippen LogP contribution in [0, 0.1) is 5.82 Å². The quantitative estimate of drug-likeness (QED) is 0.639. The maximum atomic E-state index is 13.4. The zero-order chi connectivity index (χ0) is 18.7. The number of aliphatic hydroxyl groups excluding tert-OH is 1. The van der Waals surface area contributed by atoms with Gasteiger partial charge in [-0.2, -0.15) is 11.3 Å². The molecule has 0 aliphatic rings. The van der Waals surface area contributed by atoms with Gasteiger partial charge in [-0.15, -0.1) is 0 Å². The lowest BCUT2D eigenvalue weighted by Crippen LogP contribution is -2.28. The highest BCUT2D eigenvalue weighted by Crippen LogP contribution is 2.28. The van der Waals surface area contributed by atoms with E-state index in [0.717, 1.165) is 17.7 Å². The van der Waals surface area contributed by atoms with E-state index in [1.165, 1.54) is 24.5 Å². The second-order valence-corrected chi connectivity index (χ2v) is 7.89. The van der Waals surface area contributed by atoms with Gasteiger partial charge in [0.25, 0.3) is 0 Å². The van der Waals surface area contributed by atoms with Gasteiger partial charge in [0.15, 0.2) is 0 Å². The van der Waals surface area contributed by atoms with E-state index in [9.17, 15) is 17.9 Å². The Morgan fingerprint density at radius 1 is 1.31 bits per heavy atom. The molecule has 0 radical (unpaired) electrons. The van der Waals surface area contributed by atoms with Crippen LogP contribution in [0.5, 0.6) is 5.75 Å². The lowest BCUT2D eigenvalue weighted by atomic mass is 10.2. The molecule has 138 valence electrons. The molecule has 0 spiro atoms. The van der Waals surface area contributed by atoms with Gasteiger partial charge in [0.2, 0.25) is 10.0 Å². The Morgan fingerprint density at radius 3 is 2.81 bits per heavy atom. The number of halogens is 1. The molecule has 0 saturated heterocycles. The summed E-state index contributed by atoms with van der Waals surface area (Å²) in [5.41, 5.74) is 0.874. The largest absolute Gasteiger partial charge is 0.495 e. The summed E-state index contributed by atoms with van der Waals surface area (Å²) in [6, 6.07) is 8.33. The van der Waals surface area contributed by atoms with Crippen LogP contribution in [-0.2, 0) is 10.0 Å². The molecule has 6 nitrogen and oxygen atoms in total. The summed E-state index contributed by atoms with van der Waals surface area (Å²) in [5, 5.41) is 14.0. The molecule has 0 saturated carbocycles. The third-order valence-corrected chi connectivity index (χ3v) is 5.77. The lowest BCUT2D eigenvalue weighted by molar-refractivity contribution is 0.155. The second kappa shape index (κ2) is 7.58. The van der Waals surface area contributed by atoms with Crippen molar-refractivity contribution in [3.63, 3.8) is 0 Å². The Bertz CT molecular complexity index is 983. The first-order valence-corrected chi connectivity index (χ1v) is 9.97. The second-order valence-electron chi connectivity index (χ2n) is 5.38. The smallest absolute Gasteiger partial charge is 0.244 e. The summed E-state index contributed by atoms with van der Waals surface area (Å²) in [6.45, 7) is -0.335. The van der Waals surface area contributed by atoms with E-state index >= 15 is 0 Å². The number of ether oxygens (including phenoxy) is 1. The molecule has 0 aliphatic heterocycles. The fourth-order valence-corrected chi connectivity index (χ4v) is 4.18. The maximum absolute atomic E-state index is 13.4. The first kappa shape index (κ1) is 18.6. The average molecular weight is 397 g/mol. The van der Waals surface area contributed by atoms with Crippen molar-refractivity contribution in [1.29, 1.82) is 0 Å². The molecular weight excluding hydrogens is 381 g/mol. The van der Waals surface area contributed by atoms with Crippen LogP contribution in [0.15, 0.2) is 56.5 Å². The van der Waals surface area contributed by atoms with Crippen molar-refractivity contribution in [2.75, 3.05) is 13.7 Å². The highest BCUT2D eigenvalue weighted by atomic mass is 32.2. The molecule has 1 atom stereocenters. The first-order valence-electron chi connectivity index (χ1n) is 7.54. The number of hydrogen-bond acceptors (Lipinski definition) is 6. The number of nitrogens with one attached hydrogen (secondary N) is 1. The van der Waals surface area contributed by atoms with Crippen LogP contribution in [0.4, 0.5) is 4.39 Å². The molecule has 0 amide bonds. The SMILES string of the molecule is COc1ccc(F)cc1S(=O)(=O)NCC(O)c1ccc(-c2ccsc2)o1. The summed E-state index contributed by atoms with van der Waals surface area (Å²) < 4.78 is 50.9. The molecule has 0 bridgehead atoms. The molecule has 3 rings (SSSR count). The monoisotopic (exact) mass is 397 g/mol. The van der Waals surface area contributed by atoms with Gasteiger partial charge in [0.05, 0.1) is 7.11 Å². The molecule has 2 heterocycles. The van der Waals surface area contributed by atoms with Crippen LogP contribution in [0.3, 0.4) is 0 Å². The van der Waals surface area contributed by atoms with E-state index in [2.05, 4.69) is 4.72 Å². The van der Waals surface area contributed by atoms with E-state index in [1.54, 1.807) is 12.1 Å². The van der Waals surface area contributed by atoms with Gasteiger partial charge in [-0.1, -0.05) is 0 Å². The van der Waals surface area contributed by atoms with Gasteiger partial charge >= 0.3 is 0 Å². The molecule has 0 aliphatic carbocycles. The topological polar surface area (TPSA) is 88.8 Å². The van der Waals surface area contributed by atoms with Crippen LogP contribution in [0.2, 0.25) is 0 Å². The lowest BCUT2D eigenvalue weighted by Gasteiger charge is -2.13. The zero-order valence-electron chi connectivity index (χ0n) is 13.7. The van der Waals surface area contributed by atoms with E-state index in [1.807, 2.05) is 16.8 Å². The molecule has 3 aromatic rings. The van der Waals surface area contributed by atoms with Crippen molar-refractivity contribution in [2.24, 2.45) is 0 Å². The van der Waals surface area contributed by atoms with Crippen LogP contribution in [-0.4, -0.2) is 27.2 Å². The van der Waals surface area contributed by atoms with Gasteiger partial charge < -0.3 is 14.3 Å². The Kier molecular flexibility index (Phi) is 5.42. The van der Waals surface area contributed by atoms with E-state index in [-0.39, 0.29) is 22.9 Å². The summed E-state index contributed by atoms with van der Waals surface area (Å²) in [7, 11) is -2.79. The number of aliphatic hydroxyl groups is 1. The van der Waals surface area contributed by atoms with Crippen molar-refractivity contribution in [2.45, 2.75) is 11.0 Å². The van der Waals surface area contributed by atoms with Crippen LogP contribution in [0.25, 0.3) is 11.3 Å². The molecule has 1 aromatic carbocycles. The fourth-order valence-electron chi connectivity index (χ4n) is 2.32. The summed E-state index contributed by atoms with van der Waals surface area (Å²) >= 11 is 1.51. The third-order valence-electron chi connectivity index (χ3n) is 3.64. The minimum Gasteiger partial charge on any atom is -0.495 e. The fraction of sp³-hybridized carbons (Fsp3) is 0.176. The maximum Gasteiger partial charge on any atom is 0.244 e. The van der Waals surface area contributed by atoms with E-state index in [4.69, 9.17) is 9.15 Å². The first-order chi connectivity index (χ1) is 12.4. The molecule has 26 heavy (non-hydrogen) atoms. The third kappa shape index (κ3) is 3.96. The van der Waals surface area contributed by atoms with Crippen LogP contribution in [0.1, 0.15) is 11.9 Å². The van der Waals surface area contributed by atoms with Gasteiger partial charge in [-0.05, 0) is 41.8 Å². The van der Waals surface area contributed by atoms with Crippen molar-refractivity contribution in [1.82, 2.24) is 4.72 Å². The minimum absolute atomic E-state index is 0.00568. The molecule has 0 fully saturated rings. The van der Waals surface area contributed by atoms with E-state index in [0.29, 0.717) is 5.76 Å². The van der Waals surface area contributed by atoms with Gasteiger partial charge in [-0.25, -0.2) is 17.5 Å². The van der Waals surface area contributed by atoms with Crippen molar-refractivity contribution >= 4 is 21.4 Å². The summed E-state index contributed by atoms with van der Waals surface area (Å²) in [6.07, 6.45) is -1.20. The predicted molar refractivity (Wildman–Crippen MR) is 95.1 cm³/mol. The standard InChI is InChI=1S/C17H16FNO5S2/c1-23-16-3-2-12(18)8-17(16)26(21,22)19-9-13(20)15-5-4-14(24-15)11-6-7-25-10-11/h2-8,10,13,19-20H,9H2,1H3. The number of sulfonamides is 1. The molecular formula is C17H16FNO5S2. The summed E-state index contributed by atoms with van der Waals surface area (Å²) in [5.74, 6) is 0.0966. The molecule has 2 aromatic heterocycles. The highest BCUT2D eigenvalue weighted by molar-refractivity contribution is 7.89. The normalized spacial score (nSPS) is 12.9. The number of hydrogen-bond donors (Lipinski definition) is 2.